The highest BCUT2D eigenvalue weighted by atomic mass is 16.3. The van der Waals surface area contributed by atoms with Crippen LogP contribution in [0.15, 0.2) is 0 Å². The highest BCUT2D eigenvalue weighted by Crippen LogP contribution is 2.16. The Labute approximate surface area is 113 Å². The summed E-state index contributed by atoms with van der Waals surface area (Å²) in [6, 6.07) is 0. The summed E-state index contributed by atoms with van der Waals surface area (Å²) in [6.45, 7) is 5.91. The number of aliphatic hydroxyl groups is 1. The average molecular weight is 268 g/mol. The molecule has 6 nitrogen and oxygen atoms in total. The average Bonchev–Trinajstić information content (AvgIpc) is 2.69. The minimum atomic E-state index is -0.901. The second kappa shape index (κ2) is 6.56. The molecule has 108 valence electrons. The molecular weight excluding hydrogens is 244 g/mol. The maximum absolute atomic E-state index is 11.9. The predicted molar refractivity (Wildman–Crippen MR) is 74.9 cm³/mol. The highest BCUT2D eigenvalue weighted by molar-refractivity contribution is 5.97. The maximum atomic E-state index is 11.9. The van der Waals surface area contributed by atoms with E-state index in [0.717, 1.165) is 25.0 Å². The van der Waals surface area contributed by atoms with Gasteiger partial charge in [-0.1, -0.05) is 26.7 Å². The lowest BCUT2D eigenvalue weighted by atomic mass is 10.0. The van der Waals surface area contributed by atoms with E-state index in [2.05, 4.69) is 15.5 Å². The first-order valence-electron chi connectivity index (χ1n) is 6.74. The van der Waals surface area contributed by atoms with Crippen molar-refractivity contribution in [1.29, 1.82) is 0 Å². The molecule has 0 radical (unpaired) electrons. The van der Waals surface area contributed by atoms with Crippen LogP contribution in [0.1, 0.15) is 56.2 Å². The minimum Gasteiger partial charge on any atom is -0.395 e. The number of nitrogen functional groups attached to an aromatic ring is 1. The zero-order valence-electron chi connectivity index (χ0n) is 11.9. The van der Waals surface area contributed by atoms with Crippen LogP contribution in [0.5, 0.6) is 0 Å². The number of carbonyl (C=O) groups excluding carboxylic acids is 1. The number of anilines is 1. The van der Waals surface area contributed by atoms with Crippen molar-refractivity contribution in [3.63, 3.8) is 0 Å². The van der Waals surface area contributed by atoms with Crippen LogP contribution in [0, 0.1) is 0 Å². The number of rotatable bonds is 7. The van der Waals surface area contributed by atoms with Gasteiger partial charge in [0.1, 0.15) is 0 Å². The van der Waals surface area contributed by atoms with E-state index < -0.39 is 5.60 Å². The van der Waals surface area contributed by atoms with Gasteiger partial charge in [0.05, 0.1) is 17.0 Å². The van der Waals surface area contributed by atoms with E-state index in [-0.39, 0.29) is 18.1 Å². The summed E-state index contributed by atoms with van der Waals surface area (Å²) in [5, 5.41) is 19.4. The number of hydrogen-bond donors (Lipinski definition) is 4. The number of nitrogens with two attached hydrogens (primary N) is 1. The van der Waals surface area contributed by atoms with Crippen molar-refractivity contribution in [3.05, 3.63) is 11.4 Å². The molecule has 5 N–H and O–H groups in total. The number of aromatic nitrogens is 2. The van der Waals surface area contributed by atoms with Gasteiger partial charge in [-0.3, -0.25) is 9.89 Å². The van der Waals surface area contributed by atoms with E-state index in [1.165, 1.54) is 0 Å². The molecule has 0 aromatic carbocycles. The lowest BCUT2D eigenvalue weighted by molar-refractivity contribution is 0.0468. The van der Waals surface area contributed by atoms with E-state index in [0.29, 0.717) is 12.1 Å². The van der Waals surface area contributed by atoms with Crippen LogP contribution in [-0.2, 0) is 6.42 Å². The van der Waals surface area contributed by atoms with Gasteiger partial charge in [0.25, 0.3) is 5.91 Å². The molecule has 0 saturated carbocycles. The molecule has 0 aliphatic carbocycles. The first-order valence-corrected chi connectivity index (χ1v) is 6.74. The van der Waals surface area contributed by atoms with Crippen molar-refractivity contribution < 1.29 is 9.90 Å². The molecule has 1 aromatic rings. The Bertz CT molecular complexity index is 426. The van der Waals surface area contributed by atoms with Crippen molar-refractivity contribution in [2.45, 2.75) is 52.1 Å². The molecule has 1 aromatic heterocycles. The number of nitrogens with zero attached hydrogens (tertiary/aromatic N) is 1. The summed E-state index contributed by atoms with van der Waals surface area (Å²) < 4.78 is 0. The van der Waals surface area contributed by atoms with Crippen molar-refractivity contribution in [3.8, 4) is 0 Å². The number of amides is 1. The van der Waals surface area contributed by atoms with Gasteiger partial charge in [0.2, 0.25) is 0 Å². The van der Waals surface area contributed by atoms with E-state index in [1.807, 2.05) is 13.8 Å². The van der Waals surface area contributed by atoms with Crippen molar-refractivity contribution in [2.75, 3.05) is 12.3 Å². The second-order valence-electron chi connectivity index (χ2n) is 5.14. The Hall–Kier alpha value is -1.56. The third kappa shape index (κ3) is 4.24. The third-order valence-corrected chi connectivity index (χ3v) is 3.02. The summed E-state index contributed by atoms with van der Waals surface area (Å²) in [5.74, 6) is -0.354. The van der Waals surface area contributed by atoms with Crippen LogP contribution in [0.2, 0.25) is 0 Å². The largest absolute Gasteiger partial charge is 0.395 e. The summed E-state index contributed by atoms with van der Waals surface area (Å²) in [6.07, 6.45) is 3.18. The van der Waals surface area contributed by atoms with Gasteiger partial charge in [-0.2, -0.15) is 5.10 Å². The van der Waals surface area contributed by atoms with Crippen LogP contribution in [0.4, 0.5) is 5.69 Å². The first kappa shape index (κ1) is 15.5. The smallest absolute Gasteiger partial charge is 0.274 e. The van der Waals surface area contributed by atoms with Crippen LogP contribution in [0.3, 0.4) is 0 Å². The normalized spacial score (nSPS) is 14.1. The van der Waals surface area contributed by atoms with Gasteiger partial charge < -0.3 is 16.2 Å². The Kier molecular flexibility index (Phi) is 5.35. The number of nitrogens with one attached hydrogen (secondary N) is 2. The fraction of sp³-hybridized carbons (Fsp3) is 0.692. The number of aromatic amines is 1. The fourth-order valence-electron chi connectivity index (χ4n) is 1.98. The van der Waals surface area contributed by atoms with Crippen molar-refractivity contribution in [1.82, 2.24) is 15.5 Å². The predicted octanol–water partition coefficient (Wildman–Crippen LogP) is 1.23. The Morgan fingerprint density at radius 3 is 2.74 bits per heavy atom. The van der Waals surface area contributed by atoms with Crippen molar-refractivity contribution >= 4 is 11.6 Å². The van der Waals surface area contributed by atoms with E-state index in [1.54, 1.807) is 6.92 Å². The molecule has 0 spiro atoms. The summed E-state index contributed by atoms with van der Waals surface area (Å²) >= 11 is 0. The highest BCUT2D eigenvalue weighted by Gasteiger charge is 2.22. The molecule has 1 heterocycles. The van der Waals surface area contributed by atoms with Gasteiger partial charge in [-0.15, -0.1) is 0 Å². The molecule has 0 fully saturated rings. The summed E-state index contributed by atoms with van der Waals surface area (Å²) in [7, 11) is 0. The second-order valence-corrected chi connectivity index (χ2v) is 5.14. The van der Waals surface area contributed by atoms with E-state index in [4.69, 9.17) is 5.73 Å². The van der Waals surface area contributed by atoms with E-state index in [9.17, 15) is 9.90 Å². The SMILES string of the molecule is CCCc1[nH]nc(C(=O)NCC(C)(O)CCC)c1N. The van der Waals surface area contributed by atoms with Crippen LogP contribution < -0.4 is 11.1 Å². The molecule has 1 amide bonds. The summed E-state index contributed by atoms with van der Waals surface area (Å²) in [4.78, 5) is 11.9. The fourth-order valence-corrected chi connectivity index (χ4v) is 1.98. The minimum absolute atomic E-state index is 0.190. The van der Waals surface area contributed by atoms with Crippen molar-refractivity contribution in [2.24, 2.45) is 0 Å². The topological polar surface area (TPSA) is 104 Å². The molecular formula is C13H24N4O2. The van der Waals surface area contributed by atoms with Gasteiger partial charge in [-0.25, -0.2) is 0 Å². The van der Waals surface area contributed by atoms with Crippen LogP contribution in [-0.4, -0.2) is 33.4 Å². The molecule has 0 aliphatic rings. The number of aryl methyl sites for hydroxylation is 1. The standard InChI is InChI=1S/C13H24N4O2/c1-4-6-9-10(14)11(17-16-9)12(18)15-8-13(3,19)7-5-2/h19H,4-8,14H2,1-3H3,(H,15,18)(H,16,17). The maximum Gasteiger partial charge on any atom is 0.274 e. The quantitative estimate of drug-likeness (QED) is 0.597. The van der Waals surface area contributed by atoms with Gasteiger partial charge >= 0.3 is 0 Å². The monoisotopic (exact) mass is 268 g/mol. The molecule has 0 saturated heterocycles. The Balaban J connectivity index is 2.64. The molecule has 1 rings (SSSR count). The van der Waals surface area contributed by atoms with E-state index >= 15 is 0 Å². The Morgan fingerprint density at radius 2 is 2.16 bits per heavy atom. The molecule has 6 heteroatoms. The Morgan fingerprint density at radius 1 is 1.47 bits per heavy atom. The van der Waals surface area contributed by atoms with Gasteiger partial charge in [0.15, 0.2) is 5.69 Å². The van der Waals surface area contributed by atoms with Gasteiger partial charge in [0, 0.05) is 6.54 Å². The first-order chi connectivity index (χ1) is 8.91. The number of H-pyrrole nitrogens is 1. The molecule has 1 unspecified atom stereocenters. The molecule has 0 aliphatic heterocycles. The summed E-state index contributed by atoms with van der Waals surface area (Å²) in [5.41, 5.74) is 6.36. The van der Waals surface area contributed by atoms with Gasteiger partial charge in [-0.05, 0) is 19.8 Å². The zero-order chi connectivity index (χ0) is 14.5. The zero-order valence-corrected chi connectivity index (χ0v) is 11.9. The van der Waals surface area contributed by atoms with Crippen LogP contribution in [0.25, 0.3) is 0 Å². The third-order valence-electron chi connectivity index (χ3n) is 3.02. The number of carbonyl (C=O) groups is 1. The lowest BCUT2D eigenvalue weighted by Gasteiger charge is -2.22. The number of hydrogen-bond acceptors (Lipinski definition) is 4. The molecule has 19 heavy (non-hydrogen) atoms. The molecule has 1 atom stereocenters. The van der Waals surface area contributed by atoms with Crippen LogP contribution >= 0.6 is 0 Å². The lowest BCUT2D eigenvalue weighted by Crippen LogP contribution is -2.40. The molecule has 0 bridgehead atoms.